The lowest BCUT2D eigenvalue weighted by Crippen LogP contribution is -2.10. The summed E-state index contributed by atoms with van der Waals surface area (Å²) in [6, 6.07) is 0. The van der Waals surface area contributed by atoms with Gasteiger partial charge in [0.2, 0.25) is 5.95 Å². The lowest BCUT2D eigenvalue weighted by Gasteiger charge is -2.11. The van der Waals surface area contributed by atoms with Crippen molar-refractivity contribution >= 4 is 40.6 Å². The molecular weight excluding hydrogens is 418 g/mol. The minimum absolute atomic E-state index is 0.0123. The number of hydrogen-bond acceptors (Lipinski definition) is 9. The van der Waals surface area contributed by atoms with Gasteiger partial charge in [-0.15, -0.1) is 0 Å². The van der Waals surface area contributed by atoms with Gasteiger partial charge in [0, 0.05) is 0 Å². The van der Waals surface area contributed by atoms with E-state index in [0.717, 1.165) is 0 Å². The molecule has 0 amide bonds. The van der Waals surface area contributed by atoms with Crippen LogP contribution in [0, 0.1) is 6.08 Å². The molecule has 2 aromatic rings. The molecule has 16 nitrogen and oxygen atoms in total. The number of fused-ring (bicyclic) bond motifs is 1. The Morgan fingerprint density at radius 3 is 1.88 bits per heavy atom. The van der Waals surface area contributed by atoms with Crippen LogP contribution in [-0.4, -0.2) is 44.4 Å². The number of aromatic amines is 2. The third-order valence-corrected chi connectivity index (χ3v) is 5.12. The number of nitrogens with two attached hydrogens (primary N) is 1. The van der Waals surface area contributed by atoms with Crippen LogP contribution in [0.5, 0.6) is 0 Å². The molecule has 2 heterocycles. The maximum Gasteiger partial charge on any atom is 0.490 e. The predicted octanol–water partition coefficient (Wildman–Crippen LogP) is -1.33. The number of anilines is 1. The van der Waals surface area contributed by atoms with Crippen molar-refractivity contribution in [3.8, 4) is 0 Å². The Bertz CT molecular complexity index is 931. The molecule has 20 heteroatoms. The summed E-state index contributed by atoms with van der Waals surface area (Å²) in [7, 11) is -16.2. The van der Waals surface area contributed by atoms with E-state index in [1.54, 1.807) is 0 Å². The number of imidazole rings is 1. The van der Waals surface area contributed by atoms with E-state index in [-0.39, 0.29) is 17.1 Å². The molecule has 0 saturated heterocycles. The van der Waals surface area contributed by atoms with E-state index in [4.69, 9.17) is 30.2 Å². The number of nitrogen functional groups attached to an aromatic ring is 1. The topological polar surface area (TPSA) is 271 Å². The average molecular weight is 427 g/mol. The first-order valence-corrected chi connectivity index (χ1v) is 9.91. The molecule has 0 aliphatic carbocycles. The van der Waals surface area contributed by atoms with Gasteiger partial charge in [-0.1, -0.05) is 0 Å². The van der Waals surface area contributed by atoms with Crippen LogP contribution in [0.2, 0.25) is 0 Å². The van der Waals surface area contributed by atoms with E-state index in [0.29, 0.717) is 0 Å². The van der Waals surface area contributed by atoms with Crippen molar-refractivity contribution in [2.45, 2.75) is 0 Å². The van der Waals surface area contributed by atoms with E-state index >= 15 is 0 Å². The standard InChI is InChI=1S/C5H4FN5O.H5O10P3/c6-4-8-1-2(9-4)10-5(7)11-3(1)12;1-11(2,3)9-13(7,8)10-12(4,5)6/h(H4,7,8,9,10,11,12);(H,7,8)(H2,1,2,3)(H2,4,5,6). The fraction of sp³-hybridized carbons (Fsp3) is 0. The Labute approximate surface area is 135 Å². The molecule has 9 N–H and O–H groups in total. The highest BCUT2D eigenvalue weighted by atomic mass is 31.3. The number of phosphoric acid groups is 3. The van der Waals surface area contributed by atoms with Gasteiger partial charge in [-0.25, -0.2) is 13.7 Å². The van der Waals surface area contributed by atoms with E-state index in [1.807, 2.05) is 0 Å². The average Bonchev–Trinajstić information content (AvgIpc) is 2.63. The van der Waals surface area contributed by atoms with Crippen LogP contribution >= 0.6 is 23.5 Å². The zero-order valence-electron chi connectivity index (χ0n) is 11.4. The van der Waals surface area contributed by atoms with Gasteiger partial charge in [0.15, 0.2) is 11.2 Å². The van der Waals surface area contributed by atoms with Crippen LogP contribution in [0.25, 0.3) is 11.2 Å². The van der Waals surface area contributed by atoms with Crippen LogP contribution in [0.15, 0.2) is 4.79 Å². The van der Waals surface area contributed by atoms with E-state index < -0.39 is 35.1 Å². The third-order valence-electron chi connectivity index (χ3n) is 1.77. The maximum atomic E-state index is 12.4. The molecule has 0 aromatic carbocycles. The molecule has 0 saturated carbocycles. The predicted molar refractivity (Wildman–Crippen MR) is 75.0 cm³/mol. The first-order chi connectivity index (χ1) is 11.1. The summed E-state index contributed by atoms with van der Waals surface area (Å²) in [5.74, 6) is -0.0843. The zero-order chi connectivity index (χ0) is 19.6. The molecule has 0 radical (unpaired) electrons. The quantitative estimate of drug-likeness (QED) is 0.207. The van der Waals surface area contributed by atoms with Crippen LogP contribution < -0.4 is 11.3 Å². The van der Waals surface area contributed by atoms with Crippen molar-refractivity contribution < 1.29 is 51.2 Å². The monoisotopic (exact) mass is 427 g/mol. The summed E-state index contributed by atoms with van der Waals surface area (Å²) < 4.78 is 48.8. The molecule has 2 rings (SSSR count). The van der Waals surface area contributed by atoms with Crippen LogP contribution in [-0.2, 0) is 22.3 Å². The van der Waals surface area contributed by atoms with Crippen molar-refractivity contribution in [1.82, 2.24) is 19.9 Å². The lowest BCUT2D eigenvalue weighted by molar-refractivity contribution is 0.204. The Morgan fingerprint density at radius 2 is 1.44 bits per heavy atom. The number of halogens is 1. The SMILES string of the molecule is Nc1nc2nc(F)[nH]c2c(=O)[nH]1.O=P(O)(O)OP(=O)(O)OP(=O)(O)O. The highest BCUT2D eigenvalue weighted by Crippen LogP contribution is 2.64. The van der Waals surface area contributed by atoms with Gasteiger partial charge in [0.25, 0.3) is 11.6 Å². The van der Waals surface area contributed by atoms with Crippen molar-refractivity contribution in [3.63, 3.8) is 0 Å². The second-order valence-corrected chi connectivity index (χ2v) is 8.00. The summed E-state index contributed by atoms with van der Waals surface area (Å²) in [4.78, 5) is 62.4. The minimum Gasteiger partial charge on any atom is -0.369 e. The summed E-state index contributed by atoms with van der Waals surface area (Å²) in [6.07, 6.45) is -0.853. The Kier molecular flexibility index (Phi) is 6.36. The first-order valence-electron chi connectivity index (χ1n) is 5.35. The molecule has 0 unspecified atom stereocenters. The summed E-state index contributed by atoms with van der Waals surface area (Å²) in [6.45, 7) is 0. The molecule has 0 atom stereocenters. The normalized spacial score (nSPS) is 12.7. The minimum atomic E-state index is -5.46. The highest BCUT2D eigenvalue weighted by Gasteiger charge is 2.38. The summed E-state index contributed by atoms with van der Waals surface area (Å²) in [5.41, 5.74) is 4.63. The van der Waals surface area contributed by atoms with Gasteiger partial charge in [-0.3, -0.25) is 9.78 Å². The second-order valence-electron chi connectivity index (χ2n) is 3.79. The molecule has 0 aliphatic heterocycles. The lowest BCUT2D eigenvalue weighted by atomic mass is 10.5. The van der Waals surface area contributed by atoms with E-state index in [2.05, 4.69) is 28.6 Å². The van der Waals surface area contributed by atoms with Crippen LogP contribution in [0.4, 0.5) is 10.3 Å². The molecule has 0 spiro atoms. The van der Waals surface area contributed by atoms with Crippen molar-refractivity contribution in [2.75, 3.05) is 5.73 Å². The number of hydrogen-bond donors (Lipinski definition) is 8. The molecule has 2 aromatic heterocycles. The van der Waals surface area contributed by atoms with E-state index in [9.17, 15) is 22.9 Å². The number of H-pyrrole nitrogens is 2. The number of nitrogens with zero attached hydrogens (tertiary/aromatic N) is 2. The smallest absolute Gasteiger partial charge is 0.369 e. The number of nitrogens with one attached hydrogen (secondary N) is 2. The fourth-order valence-corrected chi connectivity index (χ4v) is 3.72. The molecule has 0 bridgehead atoms. The molecule has 0 aliphatic rings. The van der Waals surface area contributed by atoms with E-state index in [1.165, 1.54) is 0 Å². The maximum absolute atomic E-state index is 12.4. The zero-order valence-corrected chi connectivity index (χ0v) is 14.1. The largest absolute Gasteiger partial charge is 0.490 e. The van der Waals surface area contributed by atoms with Crippen molar-refractivity contribution in [1.29, 1.82) is 0 Å². The molecule has 25 heavy (non-hydrogen) atoms. The van der Waals surface area contributed by atoms with Crippen molar-refractivity contribution in [3.05, 3.63) is 16.4 Å². The fourth-order valence-electron chi connectivity index (χ4n) is 1.18. The van der Waals surface area contributed by atoms with Gasteiger partial charge in [0.1, 0.15) is 0 Å². The Hall–Kier alpha value is -1.51. The first kappa shape index (κ1) is 21.5. The van der Waals surface area contributed by atoms with Gasteiger partial charge < -0.3 is 35.2 Å². The van der Waals surface area contributed by atoms with Gasteiger partial charge in [0.05, 0.1) is 0 Å². The van der Waals surface area contributed by atoms with Crippen LogP contribution in [0.1, 0.15) is 0 Å². The Morgan fingerprint density at radius 1 is 0.960 bits per heavy atom. The number of rotatable bonds is 4. The van der Waals surface area contributed by atoms with Crippen LogP contribution in [0.3, 0.4) is 0 Å². The molecular formula is C5H9FN5O11P3. The van der Waals surface area contributed by atoms with Gasteiger partial charge in [-0.2, -0.15) is 23.0 Å². The Balaban J connectivity index is 0.000000250. The van der Waals surface area contributed by atoms with Gasteiger partial charge in [-0.05, 0) is 0 Å². The molecule has 0 fully saturated rings. The summed E-state index contributed by atoms with van der Waals surface area (Å²) >= 11 is 0. The second kappa shape index (κ2) is 7.39. The number of aromatic nitrogens is 4. The van der Waals surface area contributed by atoms with Gasteiger partial charge >= 0.3 is 23.5 Å². The van der Waals surface area contributed by atoms with Crippen molar-refractivity contribution in [2.24, 2.45) is 0 Å². The third kappa shape index (κ3) is 7.94. The summed E-state index contributed by atoms with van der Waals surface area (Å²) in [5, 5.41) is 0. The molecule has 142 valence electrons. The highest BCUT2D eigenvalue weighted by molar-refractivity contribution is 7.66.